The summed E-state index contributed by atoms with van der Waals surface area (Å²) in [5.74, 6) is 0.795. The molecule has 156 valence electrons. The molecule has 1 amide bonds. The molecule has 0 aromatic heterocycles. The van der Waals surface area contributed by atoms with Crippen LogP contribution in [0.5, 0.6) is 5.75 Å². The quantitative estimate of drug-likeness (QED) is 0.354. The molecule has 7 nitrogen and oxygen atoms in total. The molecule has 9 heteroatoms. The monoisotopic (exact) mass is 397 g/mol. The molecule has 28 heavy (non-hydrogen) atoms. The van der Waals surface area contributed by atoms with Gasteiger partial charge >= 0.3 is 6.61 Å². The Morgan fingerprint density at radius 2 is 2.00 bits per heavy atom. The standard InChI is InChI=1S/C19H29F2N5O2/c1-13(2)17(27)23-9-10-24-19(22-3)25-14-8-11-26(12-14)15-6-4-5-7-16(15)28-18(20)21/h4-7,13-14,18H,8-12H2,1-3H3,(H,23,27)(H2,22,24,25). The number of aliphatic imine (C=N–C) groups is 1. The molecule has 0 spiro atoms. The molecule has 1 aromatic rings. The van der Waals surface area contributed by atoms with Gasteiger partial charge < -0.3 is 25.6 Å². The molecule has 2 rings (SSSR count). The molecule has 1 fully saturated rings. The maximum Gasteiger partial charge on any atom is 0.387 e. The van der Waals surface area contributed by atoms with Crippen molar-refractivity contribution in [2.24, 2.45) is 10.9 Å². The zero-order chi connectivity index (χ0) is 20.5. The fourth-order valence-corrected chi connectivity index (χ4v) is 2.97. The van der Waals surface area contributed by atoms with E-state index in [2.05, 4.69) is 25.7 Å². The number of alkyl halides is 2. The van der Waals surface area contributed by atoms with Gasteiger partial charge in [-0.2, -0.15) is 8.78 Å². The van der Waals surface area contributed by atoms with Crippen molar-refractivity contribution in [2.45, 2.75) is 32.9 Å². The van der Waals surface area contributed by atoms with Crippen LogP contribution in [0.15, 0.2) is 29.3 Å². The molecule has 1 aromatic carbocycles. The number of nitrogens with one attached hydrogen (secondary N) is 3. The predicted octanol–water partition coefficient (Wildman–Crippen LogP) is 1.80. The number of nitrogens with zero attached hydrogens (tertiary/aromatic N) is 2. The Balaban J connectivity index is 1.82. The number of halogens is 2. The number of anilines is 1. The number of benzene rings is 1. The minimum absolute atomic E-state index is 0.0147. The number of guanidine groups is 1. The summed E-state index contributed by atoms with van der Waals surface area (Å²) in [6.45, 7) is 3.28. The molecular weight excluding hydrogens is 368 g/mol. The number of carbonyl (C=O) groups is 1. The van der Waals surface area contributed by atoms with Gasteiger partial charge in [-0.15, -0.1) is 0 Å². The normalized spacial score (nSPS) is 17.2. The highest BCUT2D eigenvalue weighted by atomic mass is 19.3. The lowest BCUT2D eigenvalue weighted by Crippen LogP contribution is -2.46. The van der Waals surface area contributed by atoms with Crippen molar-refractivity contribution in [3.8, 4) is 5.75 Å². The van der Waals surface area contributed by atoms with Gasteiger partial charge in [0.1, 0.15) is 5.75 Å². The Labute approximate surface area is 164 Å². The van der Waals surface area contributed by atoms with E-state index in [4.69, 9.17) is 0 Å². The van der Waals surface area contributed by atoms with Gasteiger partial charge in [0.05, 0.1) is 5.69 Å². The number of amides is 1. The van der Waals surface area contributed by atoms with Crippen molar-refractivity contribution in [3.05, 3.63) is 24.3 Å². The van der Waals surface area contributed by atoms with Crippen LogP contribution in [0.3, 0.4) is 0 Å². The number of para-hydroxylation sites is 2. The van der Waals surface area contributed by atoms with Gasteiger partial charge in [0, 0.05) is 45.2 Å². The molecule has 1 heterocycles. The second-order valence-electron chi connectivity index (χ2n) is 6.87. The number of hydrogen-bond donors (Lipinski definition) is 3. The van der Waals surface area contributed by atoms with Crippen molar-refractivity contribution in [3.63, 3.8) is 0 Å². The topological polar surface area (TPSA) is 78.0 Å². The molecular formula is C19H29F2N5O2. The molecule has 1 saturated heterocycles. The van der Waals surface area contributed by atoms with Crippen molar-refractivity contribution in [1.29, 1.82) is 0 Å². The van der Waals surface area contributed by atoms with Crippen LogP contribution in [-0.2, 0) is 4.79 Å². The lowest BCUT2D eigenvalue weighted by Gasteiger charge is -2.22. The molecule has 1 aliphatic heterocycles. The molecule has 0 aliphatic carbocycles. The lowest BCUT2D eigenvalue weighted by atomic mass is 10.2. The number of hydrogen-bond acceptors (Lipinski definition) is 4. The number of rotatable bonds is 8. The van der Waals surface area contributed by atoms with E-state index < -0.39 is 6.61 Å². The van der Waals surface area contributed by atoms with E-state index in [-0.39, 0.29) is 23.6 Å². The fourth-order valence-electron chi connectivity index (χ4n) is 2.97. The maximum absolute atomic E-state index is 12.6. The Morgan fingerprint density at radius 1 is 1.29 bits per heavy atom. The average molecular weight is 397 g/mol. The molecule has 0 radical (unpaired) electrons. The van der Waals surface area contributed by atoms with Crippen LogP contribution in [0.1, 0.15) is 20.3 Å². The van der Waals surface area contributed by atoms with E-state index in [1.165, 1.54) is 0 Å². The number of carbonyl (C=O) groups excluding carboxylic acids is 1. The van der Waals surface area contributed by atoms with Gasteiger partial charge in [0.2, 0.25) is 5.91 Å². The third-order valence-corrected chi connectivity index (χ3v) is 4.42. The molecule has 1 aliphatic rings. The van der Waals surface area contributed by atoms with Gasteiger partial charge in [0.15, 0.2) is 5.96 Å². The third kappa shape index (κ3) is 6.54. The van der Waals surface area contributed by atoms with Crippen LogP contribution in [0.25, 0.3) is 0 Å². The highest BCUT2D eigenvalue weighted by molar-refractivity contribution is 5.80. The van der Waals surface area contributed by atoms with E-state index in [1.807, 2.05) is 18.7 Å². The summed E-state index contributed by atoms with van der Waals surface area (Å²) >= 11 is 0. The maximum atomic E-state index is 12.6. The first-order chi connectivity index (χ1) is 13.4. The van der Waals surface area contributed by atoms with E-state index in [0.29, 0.717) is 31.3 Å². The van der Waals surface area contributed by atoms with Crippen LogP contribution >= 0.6 is 0 Å². The third-order valence-electron chi connectivity index (χ3n) is 4.42. The van der Waals surface area contributed by atoms with E-state index in [0.717, 1.165) is 13.0 Å². The Bertz CT molecular complexity index is 669. The minimum Gasteiger partial charge on any atom is -0.433 e. The van der Waals surface area contributed by atoms with E-state index in [9.17, 15) is 13.6 Å². The zero-order valence-electron chi connectivity index (χ0n) is 16.5. The first-order valence-electron chi connectivity index (χ1n) is 9.44. The molecule has 1 atom stereocenters. The van der Waals surface area contributed by atoms with Gasteiger partial charge in [-0.05, 0) is 18.6 Å². The minimum atomic E-state index is -2.85. The SMILES string of the molecule is CN=C(NCCNC(=O)C(C)C)NC1CCN(c2ccccc2OC(F)F)C1. The molecule has 0 saturated carbocycles. The van der Waals surface area contributed by atoms with Crippen molar-refractivity contribution < 1.29 is 18.3 Å². The van der Waals surface area contributed by atoms with Crippen LogP contribution in [0.4, 0.5) is 14.5 Å². The highest BCUT2D eigenvalue weighted by Gasteiger charge is 2.26. The fraction of sp³-hybridized carbons (Fsp3) is 0.579. The summed E-state index contributed by atoms with van der Waals surface area (Å²) in [7, 11) is 1.68. The summed E-state index contributed by atoms with van der Waals surface area (Å²) in [5, 5.41) is 9.33. The van der Waals surface area contributed by atoms with E-state index in [1.54, 1.807) is 31.3 Å². The summed E-state index contributed by atoms with van der Waals surface area (Å²) in [4.78, 5) is 17.8. The summed E-state index contributed by atoms with van der Waals surface area (Å²) in [6.07, 6.45) is 0.841. The summed E-state index contributed by atoms with van der Waals surface area (Å²) in [6, 6.07) is 6.94. The molecule has 1 unspecified atom stereocenters. The van der Waals surface area contributed by atoms with Gasteiger partial charge in [-0.25, -0.2) is 0 Å². The highest BCUT2D eigenvalue weighted by Crippen LogP contribution is 2.31. The van der Waals surface area contributed by atoms with Gasteiger partial charge in [0.25, 0.3) is 0 Å². The van der Waals surface area contributed by atoms with Crippen LogP contribution in [0, 0.1) is 5.92 Å². The smallest absolute Gasteiger partial charge is 0.387 e. The molecule has 3 N–H and O–H groups in total. The Hall–Kier alpha value is -2.58. The number of ether oxygens (including phenoxy) is 1. The summed E-state index contributed by atoms with van der Waals surface area (Å²) < 4.78 is 29.9. The first kappa shape index (κ1) is 21.7. The van der Waals surface area contributed by atoms with Crippen LogP contribution < -0.4 is 25.6 Å². The Kier molecular flexibility index (Phi) is 8.28. The van der Waals surface area contributed by atoms with E-state index >= 15 is 0 Å². The largest absolute Gasteiger partial charge is 0.433 e. The second kappa shape index (κ2) is 10.7. The second-order valence-corrected chi connectivity index (χ2v) is 6.87. The van der Waals surface area contributed by atoms with Crippen LogP contribution in [0.2, 0.25) is 0 Å². The Morgan fingerprint density at radius 3 is 2.68 bits per heavy atom. The zero-order valence-corrected chi connectivity index (χ0v) is 16.5. The average Bonchev–Trinajstić information content (AvgIpc) is 3.12. The van der Waals surface area contributed by atoms with Gasteiger partial charge in [-0.3, -0.25) is 9.79 Å². The van der Waals surface area contributed by atoms with Crippen molar-refractivity contribution >= 4 is 17.6 Å². The molecule has 0 bridgehead atoms. The lowest BCUT2D eigenvalue weighted by molar-refractivity contribution is -0.123. The predicted molar refractivity (Wildman–Crippen MR) is 106 cm³/mol. The summed E-state index contributed by atoms with van der Waals surface area (Å²) in [5.41, 5.74) is 0.659. The van der Waals surface area contributed by atoms with Crippen molar-refractivity contribution in [1.82, 2.24) is 16.0 Å². The van der Waals surface area contributed by atoms with Gasteiger partial charge in [-0.1, -0.05) is 26.0 Å². The van der Waals surface area contributed by atoms with Crippen molar-refractivity contribution in [2.75, 3.05) is 38.1 Å². The van der Waals surface area contributed by atoms with Crippen LogP contribution in [-0.4, -0.2) is 57.7 Å². The first-order valence-corrected chi connectivity index (χ1v) is 9.44.